The molecular formula is C15H20FNO4. The number of carbonyl (C=O) groups excluding carboxylic acids is 1. The van der Waals surface area contributed by atoms with Gasteiger partial charge in [0.15, 0.2) is 0 Å². The Hall–Kier alpha value is -2.11. The average Bonchev–Trinajstić information content (AvgIpc) is 2.43. The van der Waals surface area contributed by atoms with Gasteiger partial charge in [0.2, 0.25) is 5.91 Å². The summed E-state index contributed by atoms with van der Waals surface area (Å²) in [6, 6.07) is 4.74. The van der Waals surface area contributed by atoms with Crippen molar-refractivity contribution in [3.63, 3.8) is 0 Å². The summed E-state index contributed by atoms with van der Waals surface area (Å²) in [6.07, 6.45) is 2.02. The van der Waals surface area contributed by atoms with Crippen molar-refractivity contribution < 1.29 is 23.8 Å². The third kappa shape index (κ3) is 6.74. The lowest BCUT2D eigenvalue weighted by molar-refractivity contribution is -0.142. The summed E-state index contributed by atoms with van der Waals surface area (Å²) < 4.78 is 18.1. The molecule has 21 heavy (non-hydrogen) atoms. The largest absolute Gasteiger partial charge is 0.493 e. The molecule has 116 valence electrons. The molecule has 1 rings (SSSR count). The minimum atomic E-state index is -1.04. The van der Waals surface area contributed by atoms with E-state index in [4.69, 9.17) is 9.84 Å². The van der Waals surface area contributed by atoms with Crippen LogP contribution in [0.3, 0.4) is 0 Å². The number of halogens is 1. The Morgan fingerprint density at radius 2 is 2.19 bits per heavy atom. The normalized spacial score (nSPS) is 11.7. The van der Waals surface area contributed by atoms with Crippen LogP contribution in [0.25, 0.3) is 0 Å². The maximum absolute atomic E-state index is 12.9. The molecule has 6 heteroatoms. The number of carboxylic acids is 1. The molecule has 1 amide bonds. The summed E-state index contributed by atoms with van der Waals surface area (Å²) in [5, 5.41) is 11.5. The quantitative estimate of drug-likeness (QED) is 0.733. The molecule has 0 aromatic heterocycles. The molecule has 1 aromatic rings. The molecule has 1 atom stereocenters. The lowest BCUT2D eigenvalue weighted by atomic mass is 10.1. The molecule has 0 saturated heterocycles. The van der Waals surface area contributed by atoms with Crippen molar-refractivity contribution in [2.45, 2.75) is 38.6 Å². The van der Waals surface area contributed by atoms with E-state index in [0.29, 0.717) is 12.2 Å². The van der Waals surface area contributed by atoms with E-state index < -0.39 is 23.7 Å². The van der Waals surface area contributed by atoms with Crippen molar-refractivity contribution in [1.82, 2.24) is 5.32 Å². The molecule has 5 nitrogen and oxygen atoms in total. The Morgan fingerprint density at radius 3 is 2.81 bits per heavy atom. The number of nitrogens with one attached hydrogen (secondary N) is 1. The molecule has 0 aliphatic carbocycles. The van der Waals surface area contributed by atoms with Crippen molar-refractivity contribution >= 4 is 11.9 Å². The van der Waals surface area contributed by atoms with Gasteiger partial charge < -0.3 is 15.2 Å². The van der Waals surface area contributed by atoms with Gasteiger partial charge in [0, 0.05) is 6.07 Å². The van der Waals surface area contributed by atoms with E-state index in [1.54, 1.807) is 6.07 Å². The molecule has 0 spiro atoms. The van der Waals surface area contributed by atoms with Crippen LogP contribution in [-0.4, -0.2) is 29.6 Å². The summed E-state index contributed by atoms with van der Waals surface area (Å²) in [5.74, 6) is -1.51. The molecule has 1 unspecified atom stereocenters. The van der Waals surface area contributed by atoms with Crippen molar-refractivity contribution in [2.75, 3.05) is 6.61 Å². The summed E-state index contributed by atoms with van der Waals surface area (Å²) in [7, 11) is 0. The smallest absolute Gasteiger partial charge is 0.326 e. The first-order chi connectivity index (χ1) is 10.0. The zero-order valence-corrected chi connectivity index (χ0v) is 12.0. The second-order valence-electron chi connectivity index (χ2n) is 4.66. The van der Waals surface area contributed by atoms with Crippen LogP contribution in [0.5, 0.6) is 5.75 Å². The maximum Gasteiger partial charge on any atom is 0.326 e. The van der Waals surface area contributed by atoms with Gasteiger partial charge in [-0.05, 0) is 18.6 Å². The molecule has 0 radical (unpaired) electrons. The van der Waals surface area contributed by atoms with Crippen molar-refractivity contribution in [3.05, 3.63) is 30.1 Å². The van der Waals surface area contributed by atoms with E-state index in [1.165, 1.54) is 18.2 Å². The summed E-state index contributed by atoms with van der Waals surface area (Å²) in [4.78, 5) is 22.6. The van der Waals surface area contributed by atoms with Gasteiger partial charge in [-0.25, -0.2) is 9.18 Å². The fourth-order valence-electron chi connectivity index (χ4n) is 1.75. The van der Waals surface area contributed by atoms with Gasteiger partial charge in [0.05, 0.1) is 13.0 Å². The van der Waals surface area contributed by atoms with E-state index >= 15 is 0 Å². The second kappa shape index (κ2) is 8.94. The number of carboxylic acid groups (broad SMARTS) is 1. The van der Waals surface area contributed by atoms with E-state index in [9.17, 15) is 14.0 Å². The van der Waals surface area contributed by atoms with Gasteiger partial charge >= 0.3 is 5.97 Å². The number of aliphatic carboxylic acids is 1. The predicted molar refractivity (Wildman–Crippen MR) is 75.6 cm³/mol. The minimum absolute atomic E-state index is 0.0203. The molecular weight excluding hydrogens is 277 g/mol. The second-order valence-corrected chi connectivity index (χ2v) is 4.66. The van der Waals surface area contributed by atoms with Crippen molar-refractivity contribution in [1.29, 1.82) is 0 Å². The van der Waals surface area contributed by atoms with Crippen LogP contribution in [-0.2, 0) is 9.59 Å². The van der Waals surface area contributed by atoms with Gasteiger partial charge in [0.25, 0.3) is 0 Å². The highest BCUT2D eigenvalue weighted by molar-refractivity contribution is 5.83. The van der Waals surface area contributed by atoms with Crippen molar-refractivity contribution in [3.8, 4) is 5.75 Å². The lowest BCUT2D eigenvalue weighted by Crippen LogP contribution is -2.41. The highest BCUT2D eigenvalue weighted by Gasteiger charge is 2.18. The Morgan fingerprint density at radius 1 is 1.43 bits per heavy atom. The Balaban J connectivity index is 2.34. The van der Waals surface area contributed by atoms with Crippen LogP contribution >= 0.6 is 0 Å². The Labute approximate surface area is 123 Å². The number of carbonyl (C=O) groups is 2. The first kappa shape index (κ1) is 16.9. The number of benzene rings is 1. The number of hydrogen-bond donors (Lipinski definition) is 2. The van der Waals surface area contributed by atoms with Gasteiger partial charge in [-0.1, -0.05) is 25.8 Å². The van der Waals surface area contributed by atoms with E-state index in [2.05, 4.69) is 5.32 Å². The van der Waals surface area contributed by atoms with Crippen LogP contribution in [0.4, 0.5) is 4.39 Å². The summed E-state index contributed by atoms with van der Waals surface area (Å²) in [6.45, 7) is 2.02. The van der Waals surface area contributed by atoms with Gasteiger partial charge in [-0.2, -0.15) is 0 Å². The van der Waals surface area contributed by atoms with Gasteiger partial charge in [0.1, 0.15) is 17.6 Å². The zero-order valence-electron chi connectivity index (χ0n) is 12.0. The van der Waals surface area contributed by atoms with E-state index in [1.807, 2.05) is 6.92 Å². The minimum Gasteiger partial charge on any atom is -0.493 e. The first-order valence-corrected chi connectivity index (χ1v) is 6.93. The van der Waals surface area contributed by atoms with Crippen LogP contribution in [0.2, 0.25) is 0 Å². The standard InChI is InChI=1S/C15H20FNO4/c1-2-3-7-13(15(19)20)17-14(18)8-9-21-12-6-4-5-11(16)10-12/h4-6,10,13H,2-3,7-9H2,1H3,(H,17,18)(H,19,20). The number of unbranched alkanes of at least 4 members (excludes halogenated alkanes) is 1. The molecule has 0 aliphatic heterocycles. The highest BCUT2D eigenvalue weighted by atomic mass is 19.1. The Bertz CT molecular complexity index is 478. The number of amides is 1. The topological polar surface area (TPSA) is 75.6 Å². The highest BCUT2D eigenvalue weighted by Crippen LogP contribution is 2.12. The van der Waals surface area contributed by atoms with Gasteiger partial charge in [-0.3, -0.25) is 4.79 Å². The fourth-order valence-corrected chi connectivity index (χ4v) is 1.75. The third-order valence-electron chi connectivity index (χ3n) is 2.87. The molecule has 2 N–H and O–H groups in total. The Kier molecular flexibility index (Phi) is 7.21. The fraction of sp³-hybridized carbons (Fsp3) is 0.467. The lowest BCUT2D eigenvalue weighted by Gasteiger charge is -2.14. The summed E-state index contributed by atoms with van der Waals surface area (Å²) >= 11 is 0. The SMILES string of the molecule is CCCCC(NC(=O)CCOc1cccc(F)c1)C(=O)O. The predicted octanol–water partition coefficient (Wildman–Crippen LogP) is 2.35. The number of rotatable bonds is 9. The zero-order chi connectivity index (χ0) is 15.7. The van der Waals surface area contributed by atoms with Gasteiger partial charge in [-0.15, -0.1) is 0 Å². The van der Waals surface area contributed by atoms with Crippen LogP contribution < -0.4 is 10.1 Å². The summed E-state index contributed by atoms with van der Waals surface area (Å²) in [5.41, 5.74) is 0. The molecule has 0 fully saturated rings. The molecule has 1 aromatic carbocycles. The first-order valence-electron chi connectivity index (χ1n) is 6.93. The maximum atomic E-state index is 12.9. The van der Waals surface area contributed by atoms with E-state index in [0.717, 1.165) is 12.8 Å². The average molecular weight is 297 g/mol. The van der Waals surface area contributed by atoms with Crippen molar-refractivity contribution in [2.24, 2.45) is 0 Å². The molecule has 0 aliphatic rings. The molecule has 0 saturated carbocycles. The van der Waals surface area contributed by atoms with Crippen LogP contribution in [0, 0.1) is 5.82 Å². The number of hydrogen-bond acceptors (Lipinski definition) is 3. The van der Waals surface area contributed by atoms with Crippen LogP contribution in [0.1, 0.15) is 32.6 Å². The van der Waals surface area contributed by atoms with Crippen LogP contribution in [0.15, 0.2) is 24.3 Å². The monoisotopic (exact) mass is 297 g/mol. The molecule has 0 heterocycles. The third-order valence-corrected chi connectivity index (χ3v) is 2.87. The molecule has 0 bridgehead atoms. The van der Waals surface area contributed by atoms with E-state index in [-0.39, 0.29) is 13.0 Å². The number of ether oxygens (including phenoxy) is 1.